The van der Waals surface area contributed by atoms with Crippen LogP contribution in [-0.4, -0.2) is 24.4 Å². The van der Waals surface area contributed by atoms with Gasteiger partial charge >= 0.3 is 0 Å². The number of thiophene rings is 1. The van der Waals surface area contributed by atoms with E-state index in [1.54, 1.807) is 11.3 Å². The first-order valence-corrected chi connectivity index (χ1v) is 8.46. The highest BCUT2D eigenvalue weighted by Gasteiger charge is 2.12. The molecule has 0 saturated carbocycles. The van der Waals surface area contributed by atoms with Crippen LogP contribution in [0.15, 0.2) is 35.0 Å². The molecule has 0 radical (unpaired) electrons. The van der Waals surface area contributed by atoms with Crippen molar-refractivity contribution < 1.29 is 4.79 Å². The number of aryl methyl sites for hydroxylation is 2. The van der Waals surface area contributed by atoms with Gasteiger partial charge in [-0.1, -0.05) is 18.2 Å². The van der Waals surface area contributed by atoms with E-state index in [1.807, 2.05) is 18.9 Å². The Morgan fingerprint density at radius 2 is 2.05 bits per heavy atom. The van der Waals surface area contributed by atoms with Gasteiger partial charge in [-0.2, -0.15) is 11.3 Å². The average molecular weight is 316 g/mol. The highest BCUT2D eigenvalue weighted by molar-refractivity contribution is 7.07. The van der Waals surface area contributed by atoms with Crippen LogP contribution in [0.25, 0.3) is 0 Å². The zero-order chi connectivity index (χ0) is 16.1. The lowest BCUT2D eigenvalue weighted by Gasteiger charge is -2.19. The molecule has 3 nitrogen and oxygen atoms in total. The fraction of sp³-hybridized carbons (Fsp3) is 0.389. The van der Waals surface area contributed by atoms with Gasteiger partial charge in [-0.25, -0.2) is 0 Å². The number of hydrogen-bond donors (Lipinski definition) is 1. The van der Waals surface area contributed by atoms with Crippen LogP contribution >= 0.6 is 11.3 Å². The molecule has 0 aliphatic rings. The normalized spacial score (nSPS) is 12.4. The lowest BCUT2D eigenvalue weighted by molar-refractivity contribution is -0.122. The predicted molar refractivity (Wildman–Crippen MR) is 93.1 cm³/mol. The molecule has 1 N–H and O–H groups in total. The monoisotopic (exact) mass is 316 g/mol. The SMILES string of the molecule is Cc1ccc(C(C)NC(=O)CN(C)Cc2ccsc2)cc1C. The molecule has 1 aromatic carbocycles. The van der Waals surface area contributed by atoms with Crippen LogP contribution in [-0.2, 0) is 11.3 Å². The summed E-state index contributed by atoms with van der Waals surface area (Å²) in [5.74, 6) is 0.0588. The van der Waals surface area contributed by atoms with E-state index in [4.69, 9.17) is 0 Å². The Kier molecular flexibility index (Phi) is 5.75. The van der Waals surface area contributed by atoms with Crippen molar-refractivity contribution in [2.24, 2.45) is 0 Å². The van der Waals surface area contributed by atoms with Crippen molar-refractivity contribution in [2.45, 2.75) is 33.4 Å². The molecule has 118 valence electrons. The minimum Gasteiger partial charge on any atom is -0.348 e. The number of benzene rings is 1. The quantitative estimate of drug-likeness (QED) is 0.882. The molecule has 0 bridgehead atoms. The predicted octanol–water partition coefficient (Wildman–Crippen LogP) is 3.67. The Hall–Kier alpha value is -1.65. The summed E-state index contributed by atoms with van der Waals surface area (Å²) in [6.07, 6.45) is 0. The highest BCUT2D eigenvalue weighted by atomic mass is 32.1. The molecule has 1 heterocycles. The minimum absolute atomic E-state index is 0.0290. The average Bonchev–Trinajstić information content (AvgIpc) is 2.94. The van der Waals surface area contributed by atoms with Crippen molar-refractivity contribution in [2.75, 3.05) is 13.6 Å². The molecule has 0 spiro atoms. The number of rotatable bonds is 6. The Labute approximate surface area is 137 Å². The van der Waals surface area contributed by atoms with E-state index in [-0.39, 0.29) is 11.9 Å². The molecule has 0 aliphatic heterocycles. The Morgan fingerprint density at radius 1 is 1.27 bits per heavy atom. The summed E-state index contributed by atoms with van der Waals surface area (Å²) in [6.45, 7) is 7.44. The van der Waals surface area contributed by atoms with Crippen molar-refractivity contribution in [1.82, 2.24) is 10.2 Å². The second-order valence-electron chi connectivity index (χ2n) is 5.94. The summed E-state index contributed by atoms with van der Waals surface area (Å²) in [7, 11) is 1.97. The second kappa shape index (κ2) is 7.56. The number of hydrogen-bond acceptors (Lipinski definition) is 3. The Bertz CT molecular complexity index is 622. The van der Waals surface area contributed by atoms with E-state index in [1.165, 1.54) is 16.7 Å². The summed E-state index contributed by atoms with van der Waals surface area (Å²) in [5.41, 5.74) is 4.94. The van der Waals surface area contributed by atoms with Gasteiger partial charge in [0.1, 0.15) is 0 Å². The molecule has 1 unspecified atom stereocenters. The largest absolute Gasteiger partial charge is 0.348 e. The first kappa shape index (κ1) is 16.7. The van der Waals surface area contributed by atoms with Crippen LogP contribution in [0.2, 0.25) is 0 Å². The second-order valence-corrected chi connectivity index (χ2v) is 6.72. The summed E-state index contributed by atoms with van der Waals surface area (Å²) in [6, 6.07) is 8.46. The van der Waals surface area contributed by atoms with Gasteiger partial charge in [0.2, 0.25) is 5.91 Å². The number of amides is 1. The molecule has 0 fully saturated rings. The van der Waals surface area contributed by atoms with Gasteiger partial charge in [0.05, 0.1) is 12.6 Å². The van der Waals surface area contributed by atoms with E-state index in [2.05, 4.69) is 54.2 Å². The molecule has 1 aromatic heterocycles. The lowest BCUT2D eigenvalue weighted by atomic mass is 10.0. The molecule has 1 amide bonds. The maximum absolute atomic E-state index is 12.2. The zero-order valence-corrected chi connectivity index (χ0v) is 14.5. The van der Waals surface area contributed by atoms with Gasteiger partial charge in [0, 0.05) is 6.54 Å². The molecule has 0 aliphatic carbocycles. The molecule has 22 heavy (non-hydrogen) atoms. The first-order chi connectivity index (χ1) is 10.5. The molecule has 2 aromatic rings. The standard InChI is InChI=1S/C18H24N2OS/c1-13-5-6-17(9-14(13)2)15(3)19-18(21)11-20(4)10-16-7-8-22-12-16/h5-9,12,15H,10-11H2,1-4H3,(H,19,21). The summed E-state index contributed by atoms with van der Waals surface area (Å²) in [4.78, 5) is 14.2. The van der Waals surface area contributed by atoms with Crippen LogP contribution in [0.5, 0.6) is 0 Å². The van der Waals surface area contributed by atoms with Gasteiger partial charge in [0.25, 0.3) is 0 Å². The van der Waals surface area contributed by atoms with Crippen LogP contribution in [0.1, 0.15) is 35.2 Å². The number of nitrogens with one attached hydrogen (secondary N) is 1. The van der Waals surface area contributed by atoms with Crippen molar-refractivity contribution in [3.8, 4) is 0 Å². The summed E-state index contributed by atoms with van der Waals surface area (Å²) in [5, 5.41) is 7.25. The molecule has 4 heteroatoms. The van der Waals surface area contributed by atoms with Gasteiger partial charge in [-0.15, -0.1) is 0 Å². The van der Waals surface area contributed by atoms with Crippen LogP contribution in [0.3, 0.4) is 0 Å². The summed E-state index contributed by atoms with van der Waals surface area (Å²) >= 11 is 1.68. The maximum Gasteiger partial charge on any atom is 0.234 e. The maximum atomic E-state index is 12.2. The third-order valence-electron chi connectivity index (χ3n) is 3.85. The van der Waals surface area contributed by atoms with Gasteiger partial charge in [-0.05, 0) is 66.9 Å². The number of carbonyl (C=O) groups excluding carboxylic acids is 1. The zero-order valence-electron chi connectivity index (χ0n) is 13.7. The lowest BCUT2D eigenvalue weighted by Crippen LogP contribution is -2.36. The van der Waals surface area contributed by atoms with E-state index in [0.29, 0.717) is 6.54 Å². The fourth-order valence-electron chi connectivity index (χ4n) is 2.40. The first-order valence-electron chi connectivity index (χ1n) is 7.52. The van der Waals surface area contributed by atoms with Gasteiger partial charge in [0.15, 0.2) is 0 Å². The van der Waals surface area contributed by atoms with Crippen molar-refractivity contribution in [3.05, 3.63) is 57.3 Å². The summed E-state index contributed by atoms with van der Waals surface area (Å²) < 4.78 is 0. The third-order valence-corrected chi connectivity index (χ3v) is 4.59. The van der Waals surface area contributed by atoms with E-state index in [0.717, 1.165) is 12.1 Å². The van der Waals surface area contributed by atoms with E-state index < -0.39 is 0 Å². The van der Waals surface area contributed by atoms with Crippen LogP contribution in [0.4, 0.5) is 0 Å². The smallest absolute Gasteiger partial charge is 0.234 e. The number of likely N-dealkylation sites (N-methyl/N-ethyl adjacent to an activating group) is 1. The van der Waals surface area contributed by atoms with Gasteiger partial charge in [-0.3, -0.25) is 9.69 Å². The minimum atomic E-state index is 0.0290. The Morgan fingerprint density at radius 3 is 2.68 bits per heavy atom. The molecular formula is C18H24N2OS. The van der Waals surface area contributed by atoms with Crippen LogP contribution < -0.4 is 5.32 Å². The molecule has 2 rings (SSSR count). The topological polar surface area (TPSA) is 32.3 Å². The van der Waals surface area contributed by atoms with Crippen LogP contribution in [0, 0.1) is 13.8 Å². The van der Waals surface area contributed by atoms with E-state index in [9.17, 15) is 4.79 Å². The number of carbonyl (C=O) groups is 1. The molecule has 1 atom stereocenters. The van der Waals surface area contributed by atoms with Crippen molar-refractivity contribution in [1.29, 1.82) is 0 Å². The van der Waals surface area contributed by atoms with Crippen molar-refractivity contribution >= 4 is 17.2 Å². The molecule has 0 saturated heterocycles. The van der Waals surface area contributed by atoms with E-state index >= 15 is 0 Å². The molecular weight excluding hydrogens is 292 g/mol. The van der Waals surface area contributed by atoms with Crippen molar-refractivity contribution in [3.63, 3.8) is 0 Å². The Balaban J connectivity index is 1.86. The third kappa shape index (κ3) is 4.68. The fourth-order valence-corrected chi connectivity index (χ4v) is 3.06. The van der Waals surface area contributed by atoms with Gasteiger partial charge < -0.3 is 5.32 Å². The number of nitrogens with zero attached hydrogens (tertiary/aromatic N) is 1. The highest BCUT2D eigenvalue weighted by Crippen LogP contribution is 2.16.